The minimum atomic E-state index is 1.01. The van der Waals surface area contributed by atoms with Crippen molar-refractivity contribution >= 4 is 24.5 Å². The normalized spacial score (nSPS) is 16.8. The summed E-state index contributed by atoms with van der Waals surface area (Å²) in [5.74, 6) is 0. The van der Waals surface area contributed by atoms with Gasteiger partial charge in [-0.15, -0.1) is 0 Å². The molecule has 0 spiro atoms. The fourth-order valence-corrected chi connectivity index (χ4v) is 1.73. The first-order chi connectivity index (χ1) is 7.45. The molecule has 15 heavy (non-hydrogen) atoms. The zero-order valence-electron chi connectivity index (χ0n) is 8.01. The van der Waals surface area contributed by atoms with Gasteiger partial charge in [-0.2, -0.15) is 0 Å². The largest absolute Gasteiger partial charge is 0.345 e. The summed E-state index contributed by atoms with van der Waals surface area (Å²) in [6.07, 6.45) is 7.18. The highest BCUT2D eigenvalue weighted by atomic mass is 15.0. The van der Waals surface area contributed by atoms with Gasteiger partial charge in [0.25, 0.3) is 0 Å². The number of hydrogen-bond donors (Lipinski definition) is 1. The first-order valence-corrected chi connectivity index (χ1v) is 4.76. The molecule has 0 amide bonds. The second-order valence-corrected chi connectivity index (χ2v) is 3.38. The highest BCUT2D eigenvalue weighted by Gasteiger charge is 2.07. The number of rotatable bonds is 0. The third-order valence-electron chi connectivity index (χ3n) is 2.44. The van der Waals surface area contributed by atoms with Gasteiger partial charge in [-0.3, -0.25) is 4.99 Å². The van der Waals surface area contributed by atoms with Crippen LogP contribution < -0.4 is 15.8 Å². The lowest BCUT2D eigenvalue weighted by Gasteiger charge is -2.09. The van der Waals surface area contributed by atoms with Gasteiger partial charge in [-0.05, 0) is 0 Å². The predicted molar refractivity (Wildman–Crippen MR) is 61.8 cm³/mol. The first-order valence-electron chi connectivity index (χ1n) is 4.76. The van der Waals surface area contributed by atoms with E-state index in [0.717, 1.165) is 21.7 Å². The van der Waals surface area contributed by atoms with Crippen LogP contribution in [0.3, 0.4) is 0 Å². The maximum atomic E-state index is 4.24. The molecule has 3 rings (SSSR count). The van der Waals surface area contributed by atoms with Crippen LogP contribution in [0.5, 0.6) is 0 Å². The molecule has 0 atom stereocenters. The summed E-state index contributed by atoms with van der Waals surface area (Å²) >= 11 is 0. The van der Waals surface area contributed by atoms with E-state index >= 15 is 0 Å². The van der Waals surface area contributed by atoms with Crippen LogP contribution in [0.2, 0.25) is 0 Å². The molecule has 0 unspecified atom stereocenters. The molecular formula is C12H9N3. The SMILES string of the molecule is C1=NC=C2C=NC=c3ccccc3=C2N1. The fourth-order valence-electron chi connectivity index (χ4n) is 1.73. The van der Waals surface area contributed by atoms with Crippen LogP contribution >= 0.6 is 0 Å². The topological polar surface area (TPSA) is 36.8 Å². The molecule has 0 saturated heterocycles. The average Bonchev–Trinajstić information content (AvgIpc) is 2.48. The molecule has 0 aliphatic carbocycles. The number of nitrogens with one attached hydrogen (secondary N) is 1. The molecule has 0 saturated carbocycles. The lowest BCUT2D eigenvalue weighted by Crippen LogP contribution is -2.32. The lowest BCUT2D eigenvalue weighted by molar-refractivity contribution is 1.25. The predicted octanol–water partition coefficient (Wildman–Crippen LogP) is 0.133. The highest BCUT2D eigenvalue weighted by Crippen LogP contribution is 2.07. The maximum Gasteiger partial charge on any atom is 0.0923 e. The molecular weight excluding hydrogens is 186 g/mol. The molecule has 0 bridgehead atoms. The fraction of sp³-hybridized carbons (Fsp3) is 0. The second-order valence-electron chi connectivity index (χ2n) is 3.38. The van der Waals surface area contributed by atoms with Crippen molar-refractivity contribution in [2.24, 2.45) is 9.98 Å². The summed E-state index contributed by atoms with van der Waals surface area (Å²) in [7, 11) is 0. The van der Waals surface area contributed by atoms with Crippen molar-refractivity contribution in [3.8, 4) is 0 Å². The van der Waals surface area contributed by atoms with Crippen LogP contribution in [0.15, 0.2) is 46.0 Å². The molecule has 1 aromatic rings. The summed E-state index contributed by atoms with van der Waals surface area (Å²) in [5, 5.41) is 5.44. The zero-order valence-corrected chi connectivity index (χ0v) is 8.01. The van der Waals surface area contributed by atoms with E-state index in [4.69, 9.17) is 0 Å². The molecule has 1 N–H and O–H groups in total. The second kappa shape index (κ2) is 3.20. The Morgan fingerprint density at radius 3 is 2.93 bits per heavy atom. The molecule has 0 radical (unpaired) electrons. The maximum absolute atomic E-state index is 4.24. The Morgan fingerprint density at radius 1 is 1.00 bits per heavy atom. The number of hydrogen-bond acceptors (Lipinski definition) is 3. The summed E-state index contributed by atoms with van der Waals surface area (Å²) < 4.78 is 0. The molecule has 3 heteroatoms. The van der Waals surface area contributed by atoms with Gasteiger partial charge in [0.1, 0.15) is 0 Å². The first kappa shape index (κ1) is 8.17. The Labute approximate surface area is 86.9 Å². The minimum absolute atomic E-state index is 1.01. The van der Waals surface area contributed by atoms with Gasteiger partial charge in [0.05, 0.1) is 12.0 Å². The van der Waals surface area contributed by atoms with Crippen molar-refractivity contribution in [2.45, 2.75) is 0 Å². The summed E-state index contributed by atoms with van der Waals surface area (Å²) in [6.45, 7) is 0. The van der Waals surface area contributed by atoms with Gasteiger partial charge < -0.3 is 5.32 Å². The number of fused-ring (bicyclic) bond motifs is 2. The van der Waals surface area contributed by atoms with Crippen molar-refractivity contribution < 1.29 is 0 Å². The molecule has 2 aliphatic rings. The van der Waals surface area contributed by atoms with Crippen LogP contribution in [-0.2, 0) is 0 Å². The molecule has 1 aromatic carbocycles. The minimum Gasteiger partial charge on any atom is -0.345 e. The van der Waals surface area contributed by atoms with E-state index in [1.54, 1.807) is 6.34 Å². The number of benzene rings is 1. The Balaban J connectivity index is 2.45. The van der Waals surface area contributed by atoms with Crippen LogP contribution in [0, 0.1) is 0 Å². The average molecular weight is 195 g/mol. The van der Waals surface area contributed by atoms with Crippen molar-refractivity contribution in [2.75, 3.05) is 0 Å². The summed E-state index contributed by atoms with van der Waals surface area (Å²) in [5.41, 5.74) is 2.08. The Bertz CT molecular complexity index is 606. The van der Waals surface area contributed by atoms with Crippen LogP contribution in [-0.4, -0.2) is 12.6 Å². The summed E-state index contributed by atoms with van der Waals surface area (Å²) in [6, 6.07) is 8.17. The van der Waals surface area contributed by atoms with Gasteiger partial charge in [0.2, 0.25) is 0 Å². The molecule has 2 aliphatic heterocycles. The van der Waals surface area contributed by atoms with Gasteiger partial charge in [-0.25, -0.2) is 4.99 Å². The third-order valence-corrected chi connectivity index (χ3v) is 2.44. The van der Waals surface area contributed by atoms with Gasteiger partial charge in [0.15, 0.2) is 0 Å². The van der Waals surface area contributed by atoms with E-state index in [2.05, 4.69) is 27.4 Å². The Morgan fingerprint density at radius 2 is 1.93 bits per heavy atom. The van der Waals surface area contributed by atoms with Crippen LogP contribution in [0.25, 0.3) is 11.9 Å². The molecule has 2 heterocycles. The van der Waals surface area contributed by atoms with Crippen LogP contribution in [0.4, 0.5) is 0 Å². The molecule has 72 valence electrons. The Kier molecular flexibility index (Phi) is 1.75. The van der Waals surface area contributed by atoms with Gasteiger partial charge >= 0.3 is 0 Å². The lowest BCUT2D eigenvalue weighted by atomic mass is 10.1. The number of aliphatic imine (C=N–C) groups is 2. The van der Waals surface area contributed by atoms with E-state index in [-0.39, 0.29) is 0 Å². The third kappa shape index (κ3) is 1.29. The van der Waals surface area contributed by atoms with Crippen molar-refractivity contribution in [3.63, 3.8) is 0 Å². The monoisotopic (exact) mass is 195 g/mol. The van der Waals surface area contributed by atoms with Crippen molar-refractivity contribution in [3.05, 3.63) is 46.5 Å². The quantitative estimate of drug-likeness (QED) is 0.628. The van der Waals surface area contributed by atoms with Gasteiger partial charge in [-0.1, -0.05) is 24.3 Å². The number of nitrogens with zero attached hydrogens (tertiary/aromatic N) is 2. The van der Waals surface area contributed by atoms with Crippen LogP contribution in [0.1, 0.15) is 0 Å². The highest BCUT2D eigenvalue weighted by molar-refractivity contribution is 6.00. The van der Waals surface area contributed by atoms with Crippen molar-refractivity contribution in [1.29, 1.82) is 0 Å². The summed E-state index contributed by atoms with van der Waals surface area (Å²) in [4.78, 5) is 8.30. The Hall–Kier alpha value is -2.16. The molecule has 3 nitrogen and oxygen atoms in total. The zero-order chi connectivity index (χ0) is 10.1. The molecule has 0 aromatic heterocycles. The van der Waals surface area contributed by atoms with E-state index in [1.165, 1.54) is 0 Å². The standard InChI is InChI=1S/C12H9N3/c1-2-4-11-9(3-1)5-13-6-10-7-14-8-15-12(10)11/h1-8H,(H,14,15). The molecule has 0 fully saturated rings. The van der Waals surface area contributed by atoms with Gasteiger partial charge in [0, 0.05) is 34.6 Å². The smallest absolute Gasteiger partial charge is 0.0923 e. The van der Waals surface area contributed by atoms with E-state index in [0.29, 0.717) is 0 Å². The van der Waals surface area contributed by atoms with E-state index < -0.39 is 0 Å². The van der Waals surface area contributed by atoms with E-state index in [1.807, 2.05) is 30.7 Å². The van der Waals surface area contributed by atoms with Crippen molar-refractivity contribution in [1.82, 2.24) is 5.32 Å². The van der Waals surface area contributed by atoms with E-state index in [9.17, 15) is 0 Å².